The fraction of sp³-hybridized carbons (Fsp3) is 0.467. The number of hydrogen-bond acceptors (Lipinski definition) is 4. The molecule has 0 unspecified atom stereocenters. The van der Waals surface area contributed by atoms with Crippen LogP contribution in [0.5, 0.6) is 5.75 Å². The number of benzene rings is 1. The molecule has 1 aromatic rings. The fourth-order valence-electron chi connectivity index (χ4n) is 1.57. The molecular weight excluding hydrogens is 272 g/mol. The number of thioether (sulfide) groups is 1. The molecule has 0 heterocycles. The maximum absolute atomic E-state index is 11.6. The zero-order valence-electron chi connectivity index (χ0n) is 12.3. The van der Waals surface area contributed by atoms with Gasteiger partial charge in [0.15, 0.2) is 0 Å². The molecule has 0 aromatic heterocycles. The van der Waals surface area contributed by atoms with Crippen molar-refractivity contribution in [1.29, 1.82) is 0 Å². The third-order valence-electron chi connectivity index (χ3n) is 2.82. The first-order valence-electron chi connectivity index (χ1n) is 6.74. The van der Waals surface area contributed by atoms with Crippen LogP contribution in [0.3, 0.4) is 0 Å². The number of nitrogens with zero attached hydrogens (tertiary/aromatic N) is 1. The van der Waals surface area contributed by atoms with Gasteiger partial charge in [-0.1, -0.05) is 26.0 Å². The molecule has 0 aliphatic carbocycles. The van der Waals surface area contributed by atoms with Gasteiger partial charge in [-0.2, -0.15) is 5.10 Å². The molecule has 0 aliphatic heterocycles. The molecule has 0 spiro atoms. The summed E-state index contributed by atoms with van der Waals surface area (Å²) in [5.74, 6) is 2.01. The number of amides is 1. The second kappa shape index (κ2) is 9.42. The molecule has 1 rings (SSSR count). The summed E-state index contributed by atoms with van der Waals surface area (Å²) < 4.78 is 5.10. The van der Waals surface area contributed by atoms with E-state index >= 15 is 0 Å². The quantitative estimate of drug-likeness (QED) is 0.591. The van der Waals surface area contributed by atoms with Crippen LogP contribution in [-0.4, -0.2) is 24.5 Å². The third kappa shape index (κ3) is 6.10. The molecular formula is C15H22N2O2S. The molecule has 0 saturated carbocycles. The molecule has 1 amide bonds. The molecule has 5 heteroatoms. The van der Waals surface area contributed by atoms with E-state index in [2.05, 4.69) is 10.5 Å². The van der Waals surface area contributed by atoms with Crippen molar-refractivity contribution in [2.75, 3.05) is 12.9 Å². The first-order chi connectivity index (χ1) is 9.69. The van der Waals surface area contributed by atoms with Crippen molar-refractivity contribution in [3.63, 3.8) is 0 Å². The largest absolute Gasteiger partial charge is 0.497 e. The molecule has 1 aromatic carbocycles. The van der Waals surface area contributed by atoms with Gasteiger partial charge in [-0.25, -0.2) is 5.43 Å². The molecule has 0 bridgehead atoms. The summed E-state index contributed by atoms with van der Waals surface area (Å²) in [6.45, 7) is 4.07. The maximum atomic E-state index is 11.6. The molecule has 0 fully saturated rings. The molecule has 0 radical (unpaired) electrons. The van der Waals surface area contributed by atoms with Crippen molar-refractivity contribution in [3.8, 4) is 5.75 Å². The van der Waals surface area contributed by atoms with E-state index in [0.717, 1.165) is 30.1 Å². The first kappa shape index (κ1) is 16.6. The number of methoxy groups -OCH3 is 1. The Labute approximate surface area is 125 Å². The van der Waals surface area contributed by atoms with E-state index in [9.17, 15) is 4.79 Å². The second-order valence-corrected chi connectivity index (χ2v) is 5.25. The molecule has 0 aliphatic rings. The third-order valence-corrected chi connectivity index (χ3v) is 3.82. The van der Waals surface area contributed by atoms with Crippen LogP contribution >= 0.6 is 11.8 Å². The molecule has 20 heavy (non-hydrogen) atoms. The van der Waals surface area contributed by atoms with Crippen molar-refractivity contribution in [3.05, 3.63) is 29.8 Å². The average molecular weight is 294 g/mol. The topological polar surface area (TPSA) is 50.7 Å². The van der Waals surface area contributed by atoms with Gasteiger partial charge in [-0.15, -0.1) is 11.8 Å². The molecule has 0 saturated heterocycles. The number of hydrazone groups is 1. The van der Waals surface area contributed by atoms with Gasteiger partial charge in [0.05, 0.1) is 12.9 Å². The standard InChI is InChI=1S/C15H22N2O2S/c1-4-13(5-2)16-17-15(18)11-20-10-12-6-8-14(19-3)9-7-12/h6-9H,4-5,10-11H2,1-3H3,(H,17,18). The highest BCUT2D eigenvalue weighted by atomic mass is 32.2. The lowest BCUT2D eigenvalue weighted by molar-refractivity contribution is -0.118. The summed E-state index contributed by atoms with van der Waals surface area (Å²) in [5, 5.41) is 4.10. The highest BCUT2D eigenvalue weighted by molar-refractivity contribution is 7.99. The lowest BCUT2D eigenvalue weighted by Gasteiger charge is -2.04. The van der Waals surface area contributed by atoms with E-state index in [-0.39, 0.29) is 5.91 Å². The van der Waals surface area contributed by atoms with Crippen LogP contribution in [-0.2, 0) is 10.5 Å². The normalized spacial score (nSPS) is 9.95. The number of carbonyl (C=O) groups is 1. The Kier molecular flexibility index (Phi) is 7.80. The molecule has 0 atom stereocenters. The van der Waals surface area contributed by atoms with E-state index in [1.165, 1.54) is 5.56 Å². The zero-order valence-corrected chi connectivity index (χ0v) is 13.1. The molecule has 110 valence electrons. The number of nitrogens with one attached hydrogen (secondary N) is 1. The Bertz CT molecular complexity index is 438. The number of rotatable bonds is 8. The lowest BCUT2D eigenvalue weighted by atomic mass is 10.2. The molecule has 1 N–H and O–H groups in total. The Morgan fingerprint density at radius 2 is 1.90 bits per heavy atom. The number of ether oxygens (including phenoxy) is 1. The van der Waals surface area contributed by atoms with Crippen LogP contribution in [0, 0.1) is 0 Å². The SMILES string of the molecule is CCC(CC)=NNC(=O)CSCc1ccc(OC)cc1. The van der Waals surface area contributed by atoms with Crippen LogP contribution < -0.4 is 10.2 Å². The van der Waals surface area contributed by atoms with Crippen molar-refractivity contribution in [2.45, 2.75) is 32.4 Å². The Morgan fingerprint density at radius 1 is 1.25 bits per heavy atom. The van der Waals surface area contributed by atoms with Crippen molar-refractivity contribution < 1.29 is 9.53 Å². The van der Waals surface area contributed by atoms with Gasteiger partial charge in [0.2, 0.25) is 5.91 Å². The van der Waals surface area contributed by atoms with E-state index in [1.807, 2.05) is 38.1 Å². The fourth-order valence-corrected chi connectivity index (χ4v) is 2.35. The van der Waals surface area contributed by atoms with Gasteiger partial charge >= 0.3 is 0 Å². The summed E-state index contributed by atoms with van der Waals surface area (Å²) in [7, 11) is 1.65. The van der Waals surface area contributed by atoms with E-state index in [1.54, 1.807) is 18.9 Å². The van der Waals surface area contributed by atoms with Crippen LogP contribution in [0.15, 0.2) is 29.4 Å². The molecule has 4 nitrogen and oxygen atoms in total. The van der Waals surface area contributed by atoms with Gasteiger partial charge in [0.25, 0.3) is 0 Å². The Balaban J connectivity index is 2.29. The van der Waals surface area contributed by atoms with Gasteiger partial charge in [-0.05, 0) is 30.5 Å². The van der Waals surface area contributed by atoms with Crippen molar-refractivity contribution in [1.82, 2.24) is 5.43 Å². The summed E-state index contributed by atoms with van der Waals surface area (Å²) in [5.41, 5.74) is 4.79. The van der Waals surface area contributed by atoms with Crippen LogP contribution in [0.4, 0.5) is 0 Å². The first-order valence-corrected chi connectivity index (χ1v) is 7.90. The average Bonchev–Trinajstić information content (AvgIpc) is 2.49. The zero-order chi connectivity index (χ0) is 14.8. The summed E-state index contributed by atoms with van der Waals surface area (Å²) in [6, 6.07) is 7.87. The minimum atomic E-state index is -0.0529. The van der Waals surface area contributed by atoms with Gasteiger partial charge in [-0.3, -0.25) is 4.79 Å². The summed E-state index contributed by atoms with van der Waals surface area (Å²) >= 11 is 1.57. The monoisotopic (exact) mass is 294 g/mol. The minimum Gasteiger partial charge on any atom is -0.497 e. The predicted molar refractivity (Wildman–Crippen MR) is 85.3 cm³/mol. The highest BCUT2D eigenvalue weighted by Crippen LogP contribution is 2.16. The van der Waals surface area contributed by atoms with Crippen LogP contribution in [0.25, 0.3) is 0 Å². The smallest absolute Gasteiger partial charge is 0.250 e. The van der Waals surface area contributed by atoms with Gasteiger partial charge in [0.1, 0.15) is 5.75 Å². The van der Waals surface area contributed by atoms with E-state index in [0.29, 0.717) is 5.75 Å². The minimum absolute atomic E-state index is 0.0529. The number of carbonyl (C=O) groups excluding carboxylic acids is 1. The van der Waals surface area contributed by atoms with Crippen LogP contribution in [0.1, 0.15) is 32.3 Å². The van der Waals surface area contributed by atoms with E-state index < -0.39 is 0 Å². The lowest BCUT2D eigenvalue weighted by Crippen LogP contribution is -2.21. The van der Waals surface area contributed by atoms with E-state index in [4.69, 9.17) is 4.74 Å². The maximum Gasteiger partial charge on any atom is 0.250 e. The Hall–Kier alpha value is -1.49. The summed E-state index contributed by atoms with van der Waals surface area (Å²) in [4.78, 5) is 11.6. The van der Waals surface area contributed by atoms with Gasteiger partial charge < -0.3 is 4.74 Å². The summed E-state index contributed by atoms with van der Waals surface area (Å²) in [6.07, 6.45) is 1.74. The van der Waals surface area contributed by atoms with Crippen LogP contribution in [0.2, 0.25) is 0 Å². The number of hydrogen-bond donors (Lipinski definition) is 1. The van der Waals surface area contributed by atoms with Crippen molar-refractivity contribution >= 4 is 23.4 Å². The van der Waals surface area contributed by atoms with Gasteiger partial charge in [0, 0.05) is 11.5 Å². The van der Waals surface area contributed by atoms with Crippen molar-refractivity contribution in [2.24, 2.45) is 5.10 Å². The highest BCUT2D eigenvalue weighted by Gasteiger charge is 2.02. The second-order valence-electron chi connectivity index (χ2n) is 4.26. The Morgan fingerprint density at radius 3 is 2.45 bits per heavy atom. The predicted octanol–water partition coefficient (Wildman–Crippen LogP) is 3.22.